The van der Waals surface area contributed by atoms with Gasteiger partial charge in [-0.2, -0.15) is 0 Å². The Bertz CT molecular complexity index is 339. The van der Waals surface area contributed by atoms with E-state index in [1.807, 2.05) is 18.2 Å². The summed E-state index contributed by atoms with van der Waals surface area (Å²) < 4.78 is 10.5. The lowest BCUT2D eigenvalue weighted by Gasteiger charge is -2.08. The number of benzene rings is 1. The minimum atomic E-state index is -0.272. The Morgan fingerprint density at radius 2 is 2.20 bits per heavy atom. The predicted octanol–water partition coefficient (Wildman–Crippen LogP) is 1.60. The highest BCUT2D eigenvalue weighted by Gasteiger charge is 2.12. The molecule has 1 aromatic rings. The summed E-state index contributed by atoms with van der Waals surface area (Å²) >= 11 is 0. The van der Waals surface area contributed by atoms with Gasteiger partial charge in [0.05, 0.1) is 6.10 Å². The Labute approximate surface area is 88.8 Å². The molecular weight excluding hydrogens is 194 g/mol. The van der Waals surface area contributed by atoms with Crippen LogP contribution >= 0.6 is 0 Å². The highest BCUT2D eigenvalue weighted by Crippen LogP contribution is 2.34. The van der Waals surface area contributed by atoms with Crippen LogP contribution in [0.25, 0.3) is 0 Å². The van der Waals surface area contributed by atoms with Gasteiger partial charge in [0, 0.05) is 18.3 Å². The molecule has 1 unspecified atom stereocenters. The molecular formula is C11H15NO3. The second-order valence-corrected chi connectivity index (χ2v) is 3.63. The van der Waals surface area contributed by atoms with E-state index < -0.39 is 0 Å². The lowest BCUT2D eigenvalue weighted by Crippen LogP contribution is -2.09. The zero-order chi connectivity index (χ0) is 10.7. The molecule has 2 N–H and O–H groups in total. The van der Waals surface area contributed by atoms with Crippen molar-refractivity contribution in [2.75, 3.05) is 18.7 Å². The van der Waals surface area contributed by atoms with Crippen LogP contribution in [-0.2, 0) is 0 Å². The number of ether oxygens (including phenoxy) is 2. The average molecular weight is 209 g/mol. The third-order valence-corrected chi connectivity index (χ3v) is 2.26. The van der Waals surface area contributed by atoms with Gasteiger partial charge in [-0.3, -0.25) is 0 Å². The van der Waals surface area contributed by atoms with Gasteiger partial charge in [-0.15, -0.1) is 0 Å². The van der Waals surface area contributed by atoms with E-state index in [-0.39, 0.29) is 6.10 Å². The van der Waals surface area contributed by atoms with Gasteiger partial charge >= 0.3 is 0 Å². The first-order valence-electron chi connectivity index (χ1n) is 5.07. The van der Waals surface area contributed by atoms with Crippen molar-refractivity contribution in [3.05, 3.63) is 18.2 Å². The van der Waals surface area contributed by atoms with Crippen LogP contribution in [-0.4, -0.2) is 24.5 Å². The Hall–Kier alpha value is -1.42. The van der Waals surface area contributed by atoms with Crippen molar-refractivity contribution in [1.82, 2.24) is 0 Å². The number of anilines is 1. The summed E-state index contributed by atoms with van der Waals surface area (Å²) in [4.78, 5) is 0. The number of aliphatic hydroxyl groups excluding tert-OH is 1. The molecule has 2 rings (SSSR count). The molecule has 1 aliphatic rings. The van der Waals surface area contributed by atoms with Crippen LogP contribution in [0.4, 0.5) is 5.69 Å². The molecule has 0 amide bonds. The average Bonchev–Trinajstić information content (AvgIpc) is 2.64. The minimum Gasteiger partial charge on any atom is -0.454 e. The van der Waals surface area contributed by atoms with E-state index in [2.05, 4.69) is 5.32 Å². The molecule has 4 heteroatoms. The summed E-state index contributed by atoms with van der Waals surface area (Å²) in [5.74, 6) is 1.56. The molecule has 1 aliphatic heterocycles. The summed E-state index contributed by atoms with van der Waals surface area (Å²) in [6, 6.07) is 5.73. The number of hydrogen-bond acceptors (Lipinski definition) is 4. The molecule has 0 aliphatic carbocycles. The number of aliphatic hydroxyl groups is 1. The Balaban J connectivity index is 1.92. The zero-order valence-corrected chi connectivity index (χ0v) is 8.69. The first kappa shape index (κ1) is 10.1. The van der Waals surface area contributed by atoms with Crippen LogP contribution in [0, 0.1) is 0 Å². The van der Waals surface area contributed by atoms with Crippen LogP contribution in [0.2, 0.25) is 0 Å². The topological polar surface area (TPSA) is 50.7 Å². The van der Waals surface area contributed by atoms with Crippen molar-refractivity contribution in [1.29, 1.82) is 0 Å². The summed E-state index contributed by atoms with van der Waals surface area (Å²) in [7, 11) is 0. The summed E-state index contributed by atoms with van der Waals surface area (Å²) in [6.45, 7) is 2.82. The number of nitrogens with one attached hydrogen (secondary N) is 1. The zero-order valence-electron chi connectivity index (χ0n) is 8.69. The van der Waals surface area contributed by atoms with Crippen LogP contribution in [0.5, 0.6) is 11.5 Å². The van der Waals surface area contributed by atoms with Gasteiger partial charge in [0.15, 0.2) is 11.5 Å². The van der Waals surface area contributed by atoms with E-state index in [1.54, 1.807) is 6.92 Å². The molecule has 0 spiro atoms. The van der Waals surface area contributed by atoms with Crippen molar-refractivity contribution < 1.29 is 14.6 Å². The van der Waals surface area contributed by atoms with Crippen molar-refractivity contribution in [3.8, 4) is 11.5 Å². The van der Waals surface area contributed by atoms with E-state index >= 15 is 0 Å². The highest BCUT2D eigenvalue weighted by molar-refractivity contribution is 5.55. The SMILES string of the molecule is CC(O)CCNc1ccc2c(c1)OCO2. The van der Waals surface area contributed by atoms with E-state index in [0.717, 1.165) is 30.2 Å². The highest BCUT2D eigenvalue weighted by atomic mass is 16.7. The molecule has 82 valence electrons. The molecule has 1 heterocycles. The van der Waals surface area contributed by atoms with Crippen LogP contribution < -0.4 is 14.8 Å². The third-order valence-electron chi connectivity index (χ3n) is 2.26. The van der Waals surface area contributed by atoms with Crippen LogP contribution in [0.15, 0.2) is 18.2 Å². The fourth-order valence-corrected chi connectivity index (χ4v) is 1.43. The standard InChI is InChI=1S/C11H15NO3/c1-8(13)4-5-12-9-2-3-10-11(6-9)15-7-14-10/h2-3,6,8,12-13H,4-5,7H2,1H3. The molecule has 1 atom stereocenters. The van der Waals surface area contributed by atoms with Crippen LogP contribution in [0.1, 0.15) is 13.3 Å². The van der Waals surface area contributed by atoms with Crippen molar-refractivity contribution >= 4 is 5.69 Å². The van der Waals surface area contributed by atoms with Crippen molar-refractivity contribution in [2.24, 2.45) is 0 Å². The summed E-state index contributed by atoms with van der Waals surface area (Å²) in [5, 5.41) is 12.3. The number of hydrogen-bond donors (Lipinski definition) is 2. The molecule has 0 saturated heterocycles. The van der Waals surface area contributed by atoms with Gasteiger partial charge in [-0.25, -0.2) is 0 Å². The third kappa shape index (κ3) is 2.53. The van der Waals surface area contributed by atoms with Crippen LogP contribution in [0.3, 0.4) is 0 Å². The maximum absolute atomic E-state index is 9.10. The number of fused-ring (bicyclic) bond motifs is 1. The lowest BCUT2D eigenvalue weighted by atomic mass is 10.2. The molecule has 0 saturated carbocycles. The quantitative estimate of drug-likeness (QED) is 0.790. The summed E-state index contributed by atoms with van der Waals surface area (Å²) in [6.07, 6.45) is 0.459. The Morgan fingerprint density at radius 3 is 3.00 bits per heavy atom. The lowest BCUT2D eigenvalue weighted by molar-refractivity contribution is 0.174. The predicted molar refractivity (Wildman–Crippen MR) is 57.4 cm³/mol. The molecule has 0 aromatic heterocycles. The van der Waals surface area contributed by atoms with Gasteiger partial charge in [0.25, 0.3) is 0 Å². The molecule has 15 heavy (non-hydrogen) atoms. The van der Waals surface area contributed by atoms with Crippen molar-refractivity contribution in [3.63, 3.8) is 0 Å². The maximum Gasteiger partial charge on any atom is 0.231 e. The first-order chi connectivity index (χ1) is 7.25. The van der Waals surface area contributed by atoms with Gasteiger partial charge in [-0.1, -0.05) is 0 Å². The molecule has 0 radical (unpaired) electrons. The Morgan fingerprint density at radius 1 is 1.40 bits per heavy atom. The van der Waals surface area contributed by atoms with Gasteiger partial charge in [0.2, 0.25) is 6.79 Å². The second kappa shape index (κ2) is 4.40. The normalized spacial score (nSPS) is 15.1. The first-order valence-corrected chi connectivity index (χ1v) is 5.07. The Kier molecular flexibility index (Phi) is 2.97. The van der Waals surface area contributed by atoms with Gasteiger partial charge in [-0.05, 0) is 25.5 Å². The fraction of sp³-hybridized carbons (Fsp3) is 0.455. The van der Waals surface area contributed by atoms with Gasteiger partial charge < -0.3 is 19.9 Å². The molecule has 0 fully saturated rings. The number of rotatable bonds is 4. The molecule has 1 aromatic carbocycles. The van der Waals surface area contributed by atoms with E-state index in [4.69, 9.17) is 14.6 Å². The van der Waals surface area contributed by atoms with E-state index in [1.165, 1.54) is 0 Å². The largest absolute Gasteiger partial charge is 0.454 e. The summed E-state index contributed by atoms with van der Waals surface area (Å²) in [5.41, 5.74) is 0.986. The van der Waals surface area contributed by atoms with E-state index in [9.17, 15) is 0 Å². The smallest absolute Gasteiger partial charge is 0.231 e. The van der Waals surface area contributed by atoms with Gasteiger partial charge in [0.1, 0.15) is 0 Å². The monoisotopic (exact) mass is 209 g/mol. The molecule has 0 bridgehead atoms. The maximum atomic E-state index is 9.10. The fourth-order valence-electron chi connectivity index (χ4n) is 1.43. The van der Waals surface area contributed by atoms with E-state index in [0.29, 0.717) is 6.79 Å². The van der Waals surface area contributed by atoms with Crippen molar-refractivity contribution in [2.45, 2.75) is 19.4 Å². The minimum absolute atomic E-state index is 0.272. The second-order valence-electron chi connectivity index (χ2n) is 3.63. The molecule has 4 nitrogen and oxygen atoms in total.